The van der Waals surface area contributed by atoms with Gasteiger partial charge in [-0.15, -0.1) is 12.4 Å². The van der Waals surface area contributed by atoms with Crippen molar-refractivity contribution in [3.63, 3.8) is 0 Å². The van der Waals surface area contributed by atoms with Gasteiger partial charge in [0, 0.05) is 19.5 Å². The Morgan fingerprint density at radius 3 is 2.89 bits per heavy atom. The maximum absolute atomic E-state index is 11.8. The summed E-state index contributed by atoms with van der Waals surface area (Å²) in [6.45, 7) is 5.30. The van der Waals surface area contributed by atoms with Crippen molar-refractivity contribution in [3.8, 4) is 0 Å². The Balaban J connectivity index is 0.00000162. The van der Waals surface area contributed by atoms with Crippen molar-refractivity contribution in [3.05, 3.63) is 17.3 Å². The highest BCUT2D eigenvalue weighted by atomic mass is 35.5. The molecular formula is C12H20ClN3O2. The minimum atomic E-state index is -0.166. The van der Waals surface area contributed by atoms with Gasteiger partial charge >= 0.3 is 0 Å². The molecule has 1 aromatic rings. The third-order valence-corrected chi connectivity index (χ3v) is 3.05. The van der Waals surface area contributed by atoms with Crippen LogP contribution < -0.4 is 10.6 Å². The van der Waals surface area contributed by atoms with Crippen LogP contribution in [0.15, 0.2) is 4.42 Å². The molecule has 18 heavy (non-hydrogen) atoms. The highest BCUT2D eigenvalue weighted by Crippen LogP contribution is 2.10. The lowest BCUT2D eigenvalue weighted by Crippen LogP contribution is -2.30. The molecule has 2 rings (SSSR count). The van der Waals surface area contributed by atoms with E-state index in [4.69, 9.17) is 4.42 Å². The van der Waals surface area contributed by atoms with Crippen molar-refractivity contribution >= 4 is 18.3 Å². The molecule has 0 aliphatic carbocycles. The molecule has 1 atom stereocenters. The number of nitrogens with zero attached hydrogens (tertiary/aromatic N) is 1. The largest absolute Gasteiger partial charge is 0.436 e. The van der Waals surface area contributed by atoms with Crippen LogP contribution in [0, 0.1) is 13.8 Å². The Labute approximate surface area is 113 Å². The molecule has 0 radical (unpaired) electrons. The number of halogens is 1. The van der Waals surface area contributed by atoms with E-state index in [0.29, 0.717) is 29.9 Å². The second-order valence-electron chi connectivity index (χ2n) is 4.49. The lowest BCUT2D eigenvalue weighted by Gasteiger charge is -2.09. The van der Waals surface area contributed by atoms with E-state index in [1.165, 1.54) is 12.8 Å². The molecule has 2 N–H and O–H groups in total. The highest BCUT2D eigenvalue weighted by Gasteiger charge is 2.17. The first-order valence-corrected chi connectivity index (χ1v) is 6.12. The van der Waals surface area contributed by atoms with Crippen molar-refractivity contribution in [1.29, 1.82) is 0 Å². The fourth-order valence-corrected chi connectivity index (χ4v) is 2.19. The molecule has 1 amide bonds. The second-order valence-corrected chi connectivity index (χ2v) is 4.49. The standard InChI is InChI=1S/C12H19N3O2.ClH/c1-8-11(17-9(2)15-8)12(16)14-7-5-10-4-3-6-13-10;/h10,13H,3-7H2,1-2H3,(H,14,16);1H/t10-;/m1./s1. The Bertz CT molecular complexity index is 400. The lowest BCUT2D eigenvalue weighted by molar-refractivity contribution is 0.0922. The quantitative estimate of drug-likeness (QED) is 0.874. The zero-order chi connectivity index (χ0) is 12.3. The van der Waals surface area contributed by atoms with Crippen LogP contribution in [-0.4, -0.2) is 30.0 Å². The van der Waals surface area contributed by atoms with E-state index >= 15 is 0 Å². The van der Waals surface area contributed by atoms with Crippen molar-refractivity contribution in [2.75, 3.05) is 13.1 Å². The van der Waals surface area contributed by atoms with Crippen LogP contribution in [0.3, 0.4) is 0 Å². The molecule has 1 aromatic heterocycles. The van der Waals surface area contributed by atoms with E-state index in [1.54, 1.807) is 13.8 Å². The molecular weight excluding hydrogens is 254 g/mol. The Morgan fingerprint density at radius 1 is 1.56 bits per heavy atom. The van der Waals surface area contributed by atoms with Gasteiger partial charge in [0.25, 0.3) is 5.91 Å². The predicted octanol–water partition coefficient (Wildman–Crippen LogP) is 1.59. The number of rotatable bonds is 4. The topological polar surface area (TPSA) is 67.2 Å². The molecule has 0 aromatic carbocycles. The molecule has 0 saturated carbocycles. The van der Waals surface area contributed by atoms with Crippen LogP contribution in [0.25, 0.3) is 0 Å². The fraction of sp³-hybridized carbons (Fsp3) is 0.667. The Morgan fingerprint density at radius 2 is 2.33 bits per heavy atom. The third kappa shape index (κ3) is 3.71. The van der Waals surface area contributed by atoms with E-state index in [0.717, 1.165) is 13.0 Å². The van der Waals surface area contributed by atoms with Crippen molar-refractivity contribution < 1.29 is 9.21 Å². The normalized spacial score (nSPS) is 18.4. The average Bonchev–Trinajstić information content (AvgIpc) is 2.88. The molecule has 0 unspecified atom stereocenters. The van der Waals surface area contributed by atoms with Crippen LogP contribution in [0.2, 0.25) is 0 Å². The molecule has 6 heteroatoms. The number of aromatic nitrogens is 1. The maximum Gasteiger partial charge on any atom is 0.289 e. The van der Waals surface area contributed by atoms with E-state index in [9.17, 15) is 4.79 Å². The number of carbonyl (C=O) groups excluding carboxylic acids is 1. The minimum absolute atomic E-state index is 0. The van der Waals surface area contributed by atoms with Crippen LogP contribution in [0.5, 0.6) is 0 Å². The summed E-state index contributed by atoms with van der Waals surface area (Å²) in [6, 6.07) is 0.549. The number of aryl methyl sites for hydroxylation is 2. The highest BCUT2D eigenvalue weighted by molar-refractivity contribution is 5.92. The van der Waals surface area contributed by atoms with Gasteiger partial charge in [-0.05, 0) is 32.7 Å². The molecule has 1 saturated heterocycles. The summed E-state index contributed by atoms with van der Waals surface area (Å²) in [4.78, 5) is 15.9. The van der Waals surface area contributed by atoms with E-state index in [-0.39, 0.29) is 18.3 Å². The van der Waals surface area contributed by atoms with E-state index < -0.39 is 0 Å². The zero-order valence-corrected chi connectivity index (χ0v) is 11.6. The molecule has 0 bridgehead atoms. The fourth-order valence-electron chi connectivity index (χ4n) is 2.19. The predicted molar refractivity (Wildman–Crippen MR) is 71.2 cm³/mol. The van der Waals surface area contributed by atoms with Gasteiger partial charge in [0.1, 0.15) is 0 Å². The first kappa shape index (κ1) is 15.0. The van der Waals surface area contributed by atoms with Gasteiger partial charge in [-0.25, -0.2) is 4.98 Å². The lowest BCUT2D eigenvalue weighted by atomic mass is 10.1. The summed E-state index contributed by atoms with van der Waals surface area (Å²) in [5.74, 6) is 0.702. The number of hydrogen-bond donors (Lipinski definition) is 2. The molecule has 1 aliphatic rings. The average molecular weight is 274 g/mol. The Kier molecular flexibility index (Phi) is 5.62. The summed E-state index contributed by atoms with van der Waals surface area (Å²) in [6.07, 6.45) is 3.41. The van der Waals surface area contributed by atoms with Gasteiger partial charge in [-0.1, -0.05) is 0 Å². The van der Waals surface area contributed by atoms with Crippen molar-refractivity contribution in [2.24, 2.45) is 0 Å². The SMILES string of the molecule is Cc1nc(C)c(C(=O)NCC[C@H]2CCCN2)o1.Cl. The summed E-state index contributed by atoms with van der Waals surface area (Å²) < 4.78 is 5.26. The molecule has 1 aliphatic heterocycles. The molecule has 1 fully saturated rings. The first-order chi connectivity index (χ1) is 8.16. The van der Waals surface area contributed by atoms with Crippen LogP contribution in [0.1, 0.15) is 41.4 Å². The third-order valence-electron chi connectivity index (χ3n) is 3.05. The Hall–Kier alpha value is -1.07. The zero-order valence-electron chi connectivity index (χ0n) is 10.8. The van der Waals surface area contributed by atoms with Gasteiger partial charge < -0.3 is 15.1 Å². The number of oxazole rings is 1. The summed E-state index contributed by atoms with van der Waals surface area (Å²) in [7, 11) is 0. The van der Waals surface area contributed by atoms with E-state index in [2.05, 4.69) is 15.6 Å². The second kappa shape index (κ2) is 6.75. The number of nitrogens with one attached hydrogen (secondary N) is 2. The minimum Gasteiger partial charge on any atom is -0.436 e. The number of hydrogen-bond acceptors (Lipinski definition) is 4. The maximum atomic E-state index is 11.8. The van der Waals surface area contributed by atoms with Crippen molar-refractivity contribution in [1.82, 2.24) is 15.6 Å². The molecule has 5 nitrogen and oxygen atoms in total. The van der Waals surface area contributed by atoms with Crippen molar-refractivity contribution in [2.45, 2.75) is 39.2 Å². The number of amides is 1. The molecule has 0 spiro atoms. The van der Waals surface area contributed by atoms with Gasteiger partial charge in [0.2, 0.25) is 5.76 Å². The van der Waals surface area contributed by atoms with Crippen LogP contribution in [-0.2, 0) is 0 Å². The van der Waals surface area contributed by atoms with Gasteiger partial charge in [0.05, 0.1) is 5.69 Å². The van der Waals surface area contributed by atoms with Gasteiger partial charge in [-0.2, -0.15) is 0 Å². The van der Waals surface area contributed by atoms with Crippen LogP contribution in [0.4, 0.5) is 0 Å². The molecule has 2 heterocycles. The number of carbonyl (C=O) groups is 1. The first-order valence-electron chi connectivity index (χ1n) is 6.12. The summed E-state index contributed by atoms with van der Waals surface area (Å²) in [5, 5.41) is 6.27. The summed E-state index contributed by atoms with van der Waals surface area (Å²) in [5.41, 5.74) is 0.652. The van der Waals surface area contributed by atoms with Gasteiger partial charge in [0.15, 0.2) is 5.89 Å². The van der Waals surface area contributed by atoms with E-state index in [1.807, 2.05) is 0 Å². The summed E-state index contributed by atoms with van der Waals surface area (Å²) >= 11 is 0. The molecule has 102 valence electrons. The van der Waals surface area contributed by atoms with Crippen LogP contribution >= 0.6 is 12.4 Å². The smallest absolute Gasteiger partial charge is 0.289 e. The van der Waals surface area contributed by atoms with Gasteiger partial charge in [-0.3, -0.25) is 4.79 Å². The monoisotopic (exact) mass is 273 g/mol.